The number of carbonyl (C=O) groups excluding carboxylic acids is 1. The predicted molar refractivity (Wildman–Crippen MR) is 66.4 cm³/mol. The van der Waals surface area contributed by atoms with Gasteiger partial charge < -0.3 is 14.4 Å². The van der Waals surface area contributed by atoms with E-state index in [0.29, 0.717) is 24.4 Å². The van der Waals surface area contributed by atoms with Gasteiger partial charge in [-0.05, 0) is 12.1 Å². The highest BCUT2D eigenvalue weighted by Gasteiger charge is 2.31. The highest BCUT2D eigenvalue weighted by Crippen LogP contribution is 2.39. The van der Waals surface area contributed by atoms with E-state index in [9.17, 15) is 18.0 Å². The molecule has 0 N–H and O–H groups in total. The molecule has 110 valence electrons. The van der Waals surface area contributed by atoms with E-state index in [1.54, 1.807) is 17.0 Å². The number of halogens is 3. The number of anilines is 1. The summed E-state index contributed by atoms with van der Waals surface area (Å²) < 4.78 is 46.8. The van der Waals surface area contributed by atoms with E-state index in [0.717, 1.165) is 0 Å². The van der Waals surface area contributed by atoms with Crippen molar-refractivity contribution in [1.82, 2.24) is 0 Å². The molecule has 2 rings (SSSR count). The highest BCUT2D eigenvalue weighted by molar-refractivity contribution is 5.88. The van der Waals surface area contributed by atoms with Crippen LogP contribution >= 0.6 is 0 Å². The van der Waals surface area contributed by atoms with E-state index in [2.05, 4.69) is 0 Å². The first kappa shape index (κ1) is 14.5. The molecule has 1 saturated heterocycles. The summed E-state index contributed by atoms with van der Waals surface area (Å²) in [5, 5.41) is 0. The smallest absolute Gasteiger partial charge is 0.422 e. The Balaban J connectivity index is 2.28. The number of carbonyl (C=O) groups is 1. The molecule has 0 spiro atoms. The summed E-state index contributed by atoms with van der Waals surface area (Å²) in [6.07, 6.45) is -4.04. The lowest BCUT2D eigenvalue weighted by molar-refractivity contribution is -0.153. The molecule has 4 nitrogen and oxygen atoms in total. The fourth-order valence-corrected chi connectivity index (χ4v) is 2.08. The van der Waals surface area contributed by atoms with Crippen molar-refractivity contribution in [3.8, 4) is 11.5 Å². The van der Waals surface area contributed by atoms with Crippen molar-refractivity contribution in [3.63, 3.8) is 0 Å². The molecule has 1 aromatic rings. The quantitative estimate of drug-likeness (QED) is 0.853. The third kappa shape index (κ3) is 3.34. The van der Waals surface area contributed by atoms with Gasteiger partial charge in [0, 0.05) is 13.0 Å². The molecule has 1 aliphatic rings. The largest absolute Gasteiger partial charge is 0.494 e. The third-order valence-corrected chi connectivity index (χ3v) is 2.92. The number of ketones is 1. The number of para-hydroxylation sites is 1. The van der Waals surface area contributed by atoms with E-state index in [1.807, 2.05) is 0 Å². The Morgan fingerprint density at radius 3 is 2.55 bits per heavy atom. The number of hydrogen-bond donors (Lipinski definition) is 0. The van der Waals surface area contributed by atoms with Crippen molar-refractivity contribution in [2.24, 2.45) is 0 Å². The van der Waals surface area contributed by atoms with Crippen LogP contribution in [0.2, 0.25) is 0 Å². The monoisotopic (exact) mass is 289 g/mol. The fraction of sp³-hybridized carbons (Fsp3) is 0.462. The molecule has 7 heteroatoms. The second-order valence-corrected chi connectivity index (χ2v) is 4.42. The minimum absolute atomic E-state index is 0.0395. The van der Waals surface area contributed by atoms with Crippen LogP contribution in [0.25, 0.3) is 0 Å². The summed E-state index contributed by atoms with van der Waals surface area (Å²) in [6.45, 7) is -0.778. The summed E-state index contributed by atoms with van der Waals surface area (Å²) in [5.41, 5.74) is 0.394. The van der Waals surface area contributed by atoms with Gasteiger partial charge >= 0.3 is 6.18 Å². The van der Waals surface area contributed by atoms with Crippen LogP contribution in [0.4, 0.5) is 18.9 Å². The number of methoxy groups -OCH3 is 1. The van der Waals surface area contributed by atoms with Crippen molar-refractivity contribution < 1.29 is 27.4 Å². The Labute approximate surface area is 114 Å². The lowest BCUT2D eigenvalue weighted by Crippen LogP contribution is -2.23. The van der Waals surface area contributed by atoms with Gasteiger partial charge in [0.15, 0.2) is 12.4 Å². The summed E-state index contributed by atoms with van der Waals surface area (Å²) >= 11 is 0. The number of hydrogen-bond acceptors (Lipinski definition) is 4. The third-order valence-electron chi connectivity index (χ3n) is 2.92. The van der Waals surface area contributed by atoms with Crippen molar-refractivity contribution in [1.29, 1.82) is 0 Å². The number of Topliss-reactive ketones (excluding diaryl/α,β-unsaturated/α-hetero) is 1. The van der Waals surface area contributed by atoms with Crippen LogP contribution in [-0.2, 0) is 4.79 Å². The van der Waals surface area contributed by atoms with Crippen LogP contribution in [0, 0.1) is 0 Å². The maximum atomic E-state index is 12.3. The molecule has 0 radical (unpaired) electrons. The first-order valence-electron chi connectivity index (χ1n) is 6.04. The van der Waals surface area contributed by atoms with Gasteiger partial charge in [0.1, 0.15) is 17.2 Å². The first-order chi connectivity index (χ1) is 9.40. The maximum absolute atomic E-state index is 12.3. The molecule has 0 aromatic heterocycles. The number of alkyl halides is 3. The molecule has 0 amide bonds. The van der Waals surface area contributed by atoms with E-state index >= 15 is 0 Å². The summed E-state index contributed by atoms with van der Waals surface area (Å²) in [7, 11) is 1.42. The Bertz CT molecular complexity index is 502. The van der Waals surface area contributed by atoms with Gasteiger partial charge in [-0.15, -0.1) is 0 Å². The molecule has 0 aliphatic carbocycles. The Hall–Kier alpha value is -1.92. The molecule has 0 saturated carbocycles. The number of rotatable bonds is 4. The topological polar surface area (TPSA) is 38.8 Å². The molecular formula is C13H14F3NO3. The maximum Gasteiger partial charge on any atom is 0.422 e. The van der Waals surface area contributed by atoms with E-state index in [1.165, 1.54) is 13.2 Å². The molecule has 1 heterocycles. The van der Waals surface area contributed by atoms with Gasteiger partial charge in [0.2, 0.25) is 0 Å². The summed E-state index contributed by atoms with van der Waals surface area (Å²) in [5.74, 6) is 0.494. The SMILES string of the molecule is COc1cccc(OCC(F)(F)F)c1N1CCC(=O)C1. The minimum Gasteiger partial charge on any atom is -0.494 e. The number of ether oxygens (including phenoxy) is 2. The summed E-state index contributed by atoms with van der Waals surface area (Å²) in [4.78, 5) is 13.0. The Kier molecular flexibility index (Phi) is 4.06. The molecule has 0 bridgehead atoms. The standard InChI is InChI=1S/C13H14F3NO3/c1-19-10-3-2-4-11(20-8-13(14,15)16)12(10)17-6-5-9(18)7-17/h2-4H,5-8H2,1H3. The fourth-order valence-electron chi connectivity index (χ4n) is 2.08. The lowest BCUT2D eigenvalue weighted by Gasteiger charge is -2.23. The molecule has 0 atom stereocenters. The predicted octanol–water partition coefficient (Wildman–Crippen LogP) is 2.42. The molecule has 1 fully saturated rings. The van der Waals surface area contributed by atoms with Crippen molar-refractivity contribution >= 4 is 11.5 Å². The Morgan fingerprint density at radius 1 is 1.30 bits per heavy atom. The van der Waals surface area contributed by atoms with Gasteiger partial charge in [-0.3, -0.25) is 4.79 Å². The molecular weight excluding hydrogens is 275 g/mol. The first-order valence-corrected chi connectivity index (χ1v) is 6.04. The normalized spacial score (nSPS) is 15.6. The zero-order valence-electron chi connectivity index (χ0n) is 10.9. The Morgan fingerprint density at radius 2 is 2.00 bits per heavy atom. The lowest BCUT2D eigenvalue weighted by atomic mass is 10.2. The van der Waals surface area contributed by atoms with E-state index < -0.39 is 12.8 Å². The zero-order valence-corrected chi connectivity index (χ0v) is 10.9. The minimum atomic E-state index is -4.42. The van der Waals surface area contributed by atoms with Crippen LogP contribution < -0.4 is 14.4 Å². The number of benzene rings is 1. The molecule has 20 heavy (non-hydrogen) atoms. The van der Waals surface area contributed by atoms with Gasteiger partial charge in [-0.2, -0.15) is 13.2 Å². The van der Waals surface area contributed by atoms with Crippen LogP contribution in [0.5, 0.6) is 11.5 Å². The average Bonchev–Trinajstić information content (AvgIpc) is 2.81. The summed E-state index contributed by atoms with van der Waals surface area (Å²) in [6, 6.07) is 4.61. The molecule has 0 unspecified atom stereocenters. The van der Waals surface area contributed by atoms with Gasteiger partial charge in [-0.25, -0.2) is 0 Å². The highest BCUT2D eigenvalue weighted by atomic mass is 19.4. The van der Waals surface area contributed by atoms with Crippen LogP contribution in [0.3, 0.4) is 0 Å². The molecule has 1 aliphatic heterocycles. The van der Waals surface area contributed by atoms with Crippen molar-refractivity contribution in [3.05, 3.63) is 18.2 Å². The zero-order chi connectivity index (χ0) is 14.8. The van der Waals surface area contributed by atoms with Crippen LogP contribution in [0.1, 0.15) is 6.42 Å². The van der Waals surface area contributed by atoms with Crippen LogP contribution in [0.15, 0.2) is 18.2 Å². The van der Waals surface area contributed by atoms with E-state index in [4.69, 9.17) is 9.47 Å². The van der Waals surface area contributed by atoms with Crippen LogP contribution in [-0.4, -0.2) is 38.8 Å². The molecule has 1 aromatic carbocycles. The van der Waals surface area contributed by atoms with Crippen molar-refractivity contribution in [2.75, 3.05) is 31.7 Å². The van der Waals surface area contributed by atoms with Gasteiger partial charge in [0.25, 0.3) is 0 Å². The second-order valence-electron chi connectivity index (χ2n) is 4.42. The number of nitrogens with zero attached hydrogens (tertiary/aromatic N) is 1. The van der Waals surface area contributed by atoms with Crippen molar-refractivity contribution in [2.45, 2.75) is 12.6 Å². The van der Waals surface area contributed by atoms with Gasteiger partial charge in [0.05, 0.1) is 13.7 Å². The van der Waals surface area contributed by atoms with E-state index in [-0.39, 0.29) is 18.1 Å². The average molecular weight is 289 g/mol. The second kappa shape index (κ2) is 5.60. The van der Waals surface area contributed by atoms with Gasteiger partial charge in [-0.1, -0.05) is 6.07 Å².